The van der Waals surface area contributed by atoms with Crippen LogP contribution < -0.4 is 14.2 Å². The number of carbonyl (C=O) groups excluding carboxylic acids is 1. The molecule has 198 valence electrons. The van der Waals surface area contributed by atoms with Crippen LogP contribution in [0.2, 0.25) is 0 Å². The zero-order chi connectivity index (χ0) is 27.3. The van der Waals surface area contributed by atoms with E-state index in [1.54, 1.807) is 43.3 Å². The first kappa shape index (κ1) is 26.8. The van der Waals surface area contributed by atoms with Crippen molar-refractivity contribution >= 4 is 16.0 Å². The lowest BCUT2D eigenvalue weighted by Gasteiger charge is -2.16. The van der Waals surface area contributed by atoms with Gasteiger partial charge in [-0.2, -0.15) is 0 Å². The Morgan fingerprint density at radius 2 is 1.47 bits per heavy atom. The zero-order valence-electron chi connectivity index (χ0n) is 21.6. The maximum absolute atomic E-state index is 14.2. The van der Waals surface area contributed by atoms with Gasteiger partial charge in [0.15, 0.2) is 11.5 Å². The Balaban J connectivity index is 2.04. The molecule has 0 saturated carbocycles. The maximum Gasteiger partial charge on any atom is 0.311 e. The molecule has 0 amide bonds. The third-order valence-corrected chi connectivity index (χ3v) is 7.80. The van der Waals surface area contributed by atoms with Crippen molar-refractivity contribution in [3.05, 3.63) is 84.6 Å². The van der Waals surface area contributed by atoms with Crippen LogP contribution in [0, 0.1) is 0 Å². The number of benzene rings is 3. The fraction of sp³-hybridized carbons (Fsp3) is 0.207. The molecule has 0 spiro atoms. The molecule has 0 radical (unpaired) electrons. The van der Waals surface area contributed by atoms with Gasteiger partial charge in [-0.1, -0.05) is 36.4 Å². The van der Waals surface area contributed by atoms with Gasteiger partial charge in [0.1, 0.15) is 5.75 Å². The minimum absolute atomic E-state index is 0.0510. The molecule has 0 unspecified atom stereocenters. The molecule has 4 aromatic rings. The number of methoxy groups -OCH3 is 3. The third kappa shape index (κ3) is 5.24. The number of carbonyl (C=O) groups is 1. The summed E-state index contributed by atoms with van der Waals surface area (Å²) in [7, 11) is 0.418. The van der Waals surface area contributed by atoms with E-state index in [2.05, 4.69) is 0 Å². The average molecular weight is 536 g/mol. The molecule has 3 aromatic carbocycles. The molecule has 8 nitrogen and oxygen atoms in total. The van der Waals surface area contributed by atoms with E-state index in [9.17, 15) is 13.2 Å². The van der Waals surface area contributed by atoms with Crippen molar-refractivity contribution in [3.63, 3.8) is 0 Å². The molecular weight excluding hydrogens is 506 g/mol. The highest BCUT2D eigenvalue weighted by Gasteiger charge is 2.29. The number of aromatic nitrogens is 1. The number of ether oxygens (including phenoxy) is 4. The van der Waals surface area contributed by atoms with Crippen molar-refractivity contribution in [2.45, 2.75) is 18.2 Å². The van der Waals surface area contributed by atoms with Crippen LogP contribution in [0.1, 0.15) is 12.6 Å². The van der Waals surface area contributed by atoms with Gasteiger partial charge in [-0.3, -0.25) is 4.79 Å². The normalized spacial score (nSPS) is 11.2. The van der Waals surface area contributed by atoms with Crippen LogP contribution in [-0.2, 0) is 26.0 Å². The Morgan fingerprint density at radius 1 is 0.789 bits per heavy atom. The maximum atomic E-state index is 14.2. The van der Waals surface area contributed by atoms with Gasteiger partial charge in [-0.15, -0.1) is 0 Å². The summed E-state index contributed by atoms with van der Waals surface area (Å²) in [6, 6.07) is 22.3. The molecule has 1 aromatic heterocycles. The van der Waals surface area contributed by atoms with E-state index in [1.165, 1.54) is 37.4 Å². The molecule has 0 N–H and O–H groups in total. The van der Waals surface area contributed by atoms with E-state index in [1.807, 2.05) is 30.3 Å². The summed E-state index contributed by atoms with van der Waals surface area (Å²) in [5.41, 5.74) is 2.55. The Hall–Kier alpha value is -4.24. The molecule has 0 atom stereocenters. The largest absolute Gasteiger partial charge is 0.497 e. The van der Waals surface area contributed by atoms with Crippen LogP contribution in [0.15, 0.2) is 83.8 Å². The van der Waals surface area contributed by atoms with Gasteiger partial charge >= 0.3 is 5.97 Å². The monoisotopic (exact) mass is 535 g/mol. The summed E-state index contributed by atoms with van der Waals surface area (Å²) in [6.07, 6.45) is -0.264. The third-order valence-electron chi connectivity index (χ3n) is 6.03. The minimum atomic E-state index is -4.15. The Morgan fingerprint density at radius 3 is 2.08 bits per heavy atom. The highest BCUT2D eigenvalue weighted by atomic mass is 32.2. The topological polar surface area (TPSA) is 93.1 Å². The van der Waals surface area contributed by atoms with Crippen molar-refractivity contribution in [2.75, 3.05) is 27.9 Å². The molecule has 0 saturated heterocycles. The summed E-state index contributed by atoms with van der Waals surface area (Å²) in [5, 5.41) is 0. The van der Waals surface area contributed by atoms with Gasteiger partial charge in [0.2, 0.25) is 0 Å². The van der Waals surface area contributed by atoms with E-state index in [0.717, 1.165) is 0 Å². The fourth-order valence-corrected chi connectivity index (χ4v) is 5.80. The molecule has 0 aliphatic heterocycles. The molecule has 0 bridgehead atoms. The van der Waals surface area contributed by atoms with Gasteiger partial charge in [-0.05, 0) is 60.5 Å². The SMILES string of the molecule is CCOC(=O)Cc1c(-c2ccc(OC)c(OC)c2)cc(-c2ccccc2)n1S(=O)(=O)c1ccc(OC)cc1. The lowest BCUT2D eigenvalue weighted by molar-refractivity contribution is -0.142. The number of rotatable bonds is 10. The lowest BCUT2D eigenvalue weighted by atomic mass is 10.0. The second-order valence-corrected chi connectivity index (χ2v) is 10.0. The van der Waals surface area contributed by atoms with Crippen LogP contribution in [0.3, 0.4) is 0 Å². The molecule has 0 aliphatic rings. The number of hydrogen-bond acceptors (Lipinski definition) is 7. The van der Waals surface area contributed by atoms with Crippen LogP contribution >= 0.6 is 0 Å². The summed E-state index contributed by atoms with van der Waals surface area (Å²) in [5.74, 6) is 0.978. The van der Waals surface area contributed by atoms with Gasteiger partial charge in [0.05, 0.1) is 50.6 Å². The van der Waals surface area contributed by atoms with Crippen molar-refractivity contribution in [2.24, 2.45) is 0 Å². The summed E-state index contributed by atoms with van der Waals surface area (Å²) in [6.45, 7) is 1.87. The van der Waals surface area contributed by atoms with Crippen LogP contribution in [0.4, 0.5) is 0 Å². The summed E-state index contributed by atoms with van der Waals surface area (Å²) < 4.78 is 50.9. The van der Waals surface area contributed by atoms with Gasteiger partial charge < -0.3 is 18.9 Å². The average Bonchev–Trinajstić information content (AvgIpc) is 3.33. The highest BCUT2D eigenvalue weighted by molar-refractivity contribution is 7.90. The fourth-order valence-electron chi connectivity index (χ4n) is 4.24. The molecule has 0 aliphatic carbocycles. The van der Waals surface area contributed by atoms with Crippen LogP contribution in [-0.4, -0.2) is 46.3 Å². The van der Waals surface area contributed by atoms with E-state index in [-0.39, 0.29) is 23.6 Å². The molecule has 1 heterocycles. The van der Waals surface area contributed by atoms with E-state index in [0.29, 0.717) is 39.6 Å². The Labute approximate surface area is 222 Å². The Kier molecular flexibility index (Phi) is 8.07. The summed E-state index contributed by atoms with van der Waals surface area (Å²) >= 11 is 0. The van der Waals surface area contributed by atoms with E-state index in [4.69, 9.17) is 18.9 Å². The van der Waals surface area contributed by atoms with Crippen molar-refractivity contribution in [1.82, 2.24) is 3.97 Å². The first-order valence-electron chi connectivity index (χ1n) is 11.9. The number of nitrogens with zero attached hydrogens (tertiary/aromatic N) is 1. The predicted octanol–water partition coefficient (Wildman–Crippen LogP) is 5.19. The Bertz CT molecular complexity index is 1530. The minimum Gasteiger partial charge on any atom is -0.497 e. The first-order valence-corrected chi connectivity index (χ1v) is 13.4. The molecule has 38 heavy (non-hydrogen) atoms. The second-order valence-electron chi connectivity index (χ2n) is 8.25. The van der Waals surface area contributed by atoms with Crippen LogP contribution in [0.5, 0.6) is 17.2 Å². The van der Waals surface area contributed by atoms with Crippen molar-refractivity contribution in [1.29, 1.82) is 0 Å². The smallest absolute Gasteiger partial charge is 0.311 e. The standard InChI is InChI=1S/C29H29NO7S/c1-5-37-29(31)19-26-24(21-11-16-27(35-3)28(17-21)36-4)18-25(20-9-7-6-8-10-20)30(26)38(32,33)23-14-12-22(34-2)13-15-23/h6-18H,5,19H2,1-4H3. The van der Waals surface area contributed by atoms with E-state index < -0.39 is 16.0 Å². The highest BCUT2D eigenvalue weighted by Crippen LogP contribution is 2.39. The molecule has 4 rings (SSSR count). The zero-order valence-corrected chi connectivity index (χ0v) is 22.4. The van der Waals surface area contributed by atoms with Crippen molar-refractivity contribution < 1.29 is 32.2 Å². The second kappa shape index (κ2) is 11.4. The molecule has 9 heteroatoms. The van der Waals surface area contributed by atoms with Gasteiger partial charge in [0.25, 0.3) is 10.0 Å². The number of esters is 1. The van der Waals surface area contributed by atoms with Crippen LogP contribution in [0.25, 0.3) is 22.4 Å². The lowest BCUT2D eigenvalue weighted by Crippen LogP contribution is -2.20. The van der Waals surface area contributed by atoms with E-state index >= 15 is 0 Å². The first-order chi connectivity index (χ1) is 18.3. The van der Waals surface area contributed by atoms with Gasteiger partial charge in [-0.25, -0.2) is 12.4 Å². The number of hydrogen-bond donors (Lipinski definition) is 0. The predicted molar refractivity (Wildman–Crippen MR) is 144 cm³/mol. The molecular formula is C29H29NO7S. The van der Waals surface area contributed by atoms with Gasteiger partial charge in [0, 0.05) is 5.56 Å². The summed E-state index contributed by atoms with van der Waals surface area (Å²) in [4.78, 5) is 12.8. The van der Waals surface area contributed by atoms with Crippen molar-refractivity contribution in [3.8, 4) is 39.6 Å². The quantitative estimate of drug-likeness (QED) is 0.258. The molecule has 0 fully saturated rings.